The van der Waals surface area contributed by atoms with Crippen molar-refractivity contribution < 1.29 is 19.1 Å². The van der Waals surface area contributed by atoms with Crippen LogP contribution in [0.1, 0.15) is 12.8 Å². The average molecular weight is 181 g/mol. The Morgan fingerprint density at radius 3 is 2.36 bits per heavy atom. The van der Waals surface area contributed by atoms with Gasteiger partial charge in [-0.25, -0.2) is 0 Å². The number of rotatable bonds is 5. The van der Waals surface area contributed by atoms with Gasteiger partial charge in [-0.05, 0) is 6.42 Å². The molecule has 0 fully saturated rings. The van der Waals surface area contributed by atoms with Gasteiger partial charge >= 0.3 is 7.60 Å². The molecule has 0 aromatic heterocycles. The highest BCUT2D eigenvalue weighted by Crippen LogP contribution is 2.35. The van der Waals surface area contributed by atoms with Crippen molar-refractivity contribution in [3.05, 3.63) is 0 Å². The highest BCUT2D eigenvalue weighted by molar-refractivity contribution is 7.51. The van der Waals surface area contributed by atoms with Crippen LogP contribution < -0.4 is 5.73 Å². The quantitative estimate of drug-likeness (QED) is 0.495. The van der Waals surface area contributed by atoms with Gasteiger partial charge in [0.15, 0.2) is 0 Å². The zero-order valence-corrected chi connectivity index (χ0v) is 6.96. The number of Topliss-reactive ketones (excluding diaryl/α,β-unsaturated/α-hetero) is 1. The van der Waals surface area contributed by atoms with Crippen molar-refractivity contribution in [1.29, 1.82) is 0 Å². The third kappa shape index (κ3) is 7.68. The number of hydrogen-bond donors (Lipinski definition) is 3. The fourth-order valence-electron chi connectivity index (χ4n) is 0.584. The molecule has 0 saturated heterocycles. The summed E-state index contributed by atoms with van der Waals surface area (Å²) >= 11 is 0. The lowest BCUT2D eigenvalue weighted by molar-refractivity contribution is -0.117. The molecule has 5 nitrogen and oxygen atoms in total. The first-order valence-electron chi connectivity index (χ1n) is 3.22. The highest BCUT2D eigenvalue weighted by atomic mass is 31.2. The van der Waals surface area contributed by atoms with E-state index in [9.17, 15) is 9.36 Å². The van der Waals surface area contributed by atoms with Gasteiger partial charge in [-0.1, -0.05) is 0 Å². The smallest absolute Gasteiger partial charge is 0.324 e. The molecular formula is C5H12NO4P. The van der Waals surface area contributed by atoms with Crippen LogP contribution in [0.3, 0.4) is 0 Å². The van der Waals surface area contributed by atoms with Gasteiger partial charge in [-0.15, -0.1) is 0 Å². The SMILES string of the molecule is NCC(=O)CCCP(=O)(O)O. The number of hydrogen-bond acceptors (Lipinski definition) is 3. The van der Waals surface area contributed by atoms with Crippen LogP contribution >= 0.6 is 7.60 Å². The average Bonchev–Trinajstić information content (AvgIpc) is 1.85. The van der Waals surface area contributed by atoms with Gasteiger partial charge in [-0.2, -0.15) is 0 Å². The molecule has 0 aromatic rings. The summed E-state index contributed by atoms with van der Waals surface area (Å²) in [5, 5.41) is 0. The van der Waals surface area contributed by atoms with Gasteiger partial charge in [0.2, 0.25) is 0 Å². The second-order valence-electron chi connectivity index (χ2n) is 2.23. The van der Waals surface area contributed by atoms with E-state index in [0.717, 1.165) is 0 Å². The molecule has 0 saturated carbocycles. The number of ketones is 1. The topological polar surface area (TPSA) is 101 Å². The van der Waals surface area contributed by atoms with Crippen LogP contribution in [0.25, 0.3) is 0 Å². The molecule has 0 aliphatic rings. The summed E-state index contributed by atoms with van der Waals surface area (Å²) < 4.78 is 10.3. The number of nitrogens with two attached hydrogens (primary N) is 1. The van der Waals surface area contributed by atoms with Crippen molar-refractivity contribution in [3.8, 4) is 0 Å². The van der Waals surface area contributed by atoms with Crippen LogP contribution in [0.2, 0.25) is 0 Å². The second-order valence-corrected chi connectivity index (χ2v) is 4.01. The minimum absolute atomic E-state index is 0.0544. The molecule has 0 atom stereocenters. The Morgan fingerprint density at radius 2 is 2.00 bits per heavy atom. The van der Waals surface area contributed by atoms with Crippen LogP contribution in [0.5, 0.6) is 0 Å². The van der Waals surface area contributed by atoms with Crippen LogP contribution in [0, 0.1) is 0 Å². The lowest BCUT2D eigenvalue weighted by atomic mass is 10.2. The van der Waals surface area contributed by atoms with E-state index in [1.807, 2.05) is 0 Å². The first kappa shape index (κ1) is 10.8. The lowest BCUT2D eigenvalue weighted by Crippen LogP contribution is -2.13. The lowest BCUT2D eigenvalue weighted by Gasteiger charge is -2.01. The molecule has 0 aliphatic heterocycles. The van der Waals surface area contributed by atoms with Crippen LogP contribution in [0.4, 0.5) is 0 Å². The van der Waals surface area contributed by atoms with E-state index in [0.29, 0.717) is 0 Å². The van der Waals surface area contributed by atoms with Crippen molar-refractivity contribution in [2.75, 3.05) is 12.7 Å². The molecule has 4 N–H and O–H groups in total. The third-order valence-electron chi connectivity index (χ3n) is 1.13. The van der Waals surface area contributed by atoms with Crippen LogP contribution in [-0.4, -0.2) is 28.3 Å². The van der Waals surface area contributed by atoms with E-state index in [1.165, 1.54) is 0 Å². The summed E-state index contributed by atoms with van der Waals surface area (Å²) in [4.78, 5) is 27.3. The zero-order valence-electron chi connectivity index (χ0n) is 6.06. The second kappa shape index (κ2) is 4.62. The fourth-order valence-corrected chi connectivity index (χ4v) is 1.15. The standard InChI is InChI=1S/C5H12NO4P/c6-4-5(7)2-1-3-11(8,9)10/h1-4,6H2,(H2,8,9,10). The van der Waals surface area contributed by atoms with E-state index in [1.54, 1.807) is 0 Å². The Morgan fingerprint density at radius 1 is 1.45 bits per heavy atom. The van der Waals surface area contributed by atoms with Gasteiger partial charge in [0.1, 0.15) is 5.78 Å². The van der Waals surface area contributed by atoms with Gasteiger partial charge in [0, 0.05) is 6.42 Å². The molecule has 0 unspecified atom stereocenters. The molecule has 0 bridgehead atoms. The van der Waals surface area contributed by atoms with E-state index in [2.05, 4.69) is 0 Å². The molecule has 66 valence electrons. The summed E-state index contributed by atoms with van der Waals surface area (Å²) in [6.07, 6.45) is 0.126. The Labute approximate surface area is 64.8 Å². The summed E-state index contributed by atoms with van der Waals surface area (Å²) in [7, 11) is -3.93. The molecular weight excluding hydrogens is 169 g/mol. The molecule has 11 heavy (non-hydrogen) atoms. The van der Waals surface area contributed by atoms with Crippen molar-refractivity contribution >= 4 is 13.4 Å². The summed E-state index contributed by atoms with van der Waals surface area (Å²) in [5.74, 6) is -0.168. The number of carbonyl (C=O) groups is 1. The van der Waals surface area contributed by atoms with E-state index in [-0.39, 0.29) is 31.3 Å². The van der Waals surface area contributed by atoms with E-state index in [4.69, 9.17) is 15.5 Å². The van der Waals surface area contributed by atoms with Crippen molar-refractivity contribution in [2.24, 2.45) is 5.73 Å². The molecule has 0 spiro atoms. The summed E-state index contributed by atoms with van der Waals surface area (Å²) in [6, 6.07) is 0. The zero-order chi connectivity index (χ0) is 8.91. The normalized spacial score (nSPS) is 11.5. The first-order chi connectivity index (χ1) is 4.95. The molecule has 0 radical (unpaired) electrons. The van der Waals surface area contributed by atoms with Crippen molar-refractivity contribution in [3.63, 3.8) is 0 Å². The number of carbonyl (C=O) groups excluding carboxylic acids is 1. The van der Waals surface area contributed by atoms with Crippen LogP contribution in [0.15, 0.2) is 0 Å². The monoisotopic (exact) mass is 181 g/mol. The van der Waals surface area contributed by atoms with Crippen LogP contribution in [-0.2, 0) is 9.36 Å². The maximum absolute atomic E-state index is 10.5. The van der Waals surface area contributed by atoms with E-state index < -0.39 is 7.60 Å². The summed E-state index contributed by atoms with van der Waals surface area (Å²) in [6.45, 7) is -0.0544. The van der Waals surface area contributed by atoms with Gasteiger partial charge < -0.3 is 15.5 Å². The molecule has 0 heterocycles. The minimum Gasteiger partial charge on any atom is -0.324 e. The fraction of sp³-hybridized carbons (Fsp3) is 0.800. The van der Waals surface area contributed by atoms with Gasteiger partial charge in [0.05, 0.1) is 12.7 Å². The Bertz CT molecular complexity index is 175. The molecule has 0 rings (SSSR count). The van der Waals surface area contributed by atoms with Gasteiger partial charge in [0.25, 0.3) is 0 Å². The maximum Gasteiger partial charge on any atom is 0.325 e. The third-order valence-corrected chi connectivity index (χ3v) is 2.03. The largest absolute Gasteiger partial charge is 0.325 e. The van der Waals surface area contributed by atoms with Crippen molar-refractivity contribution in [1.82, 2.24) is 0 Å². The van der Waals surface area contributed by atoms with Crippen molar-refractivity contribution in [2.45, 2.75) is 12.8 Å². The Balaban J connectivity index is 3.43. The van der Waals surface area contributed by atoms with E-state index >= 15 is 0 Å². The maximum atomic E-state index is 10.5. The Kier molecular flexibility index (Phi) is 4.52. The Hall–Kier alpha value is -0.220. The molecule has 0 aliphatic carbocycles. The summed E-state index contributed by atoms with van der Waals surface area (Å²) in [5.41, 5.74) is 4.98. The highest BCUT2D eigenvalue weighted by Gasteiger charge is 2.12. The minimum atomic E-state index is -3.93. The van der Waals surface area contributed by atoms with Gasteiger partial charge in [-0.3, -0.25) is 9.36 Å². The first-order valence-corrected chi connectivity index (χ1v) is 5.02. The molecule has 0 amide bonds. The predicted octanol–water partition coefficient (Wildman–Crippen LogP) is -0.528. The molecule has 0 aromatic carbocycles. The molecule has 6 heteroatoms. The predicted molar refractivity (Wildman–Crippen MR) is 40.2 cm³/mol.